The van der Waals surface area contributed by atoms with Crippen LogP contribution in [0.2, 0.25) is 5.02 Å². The Kier molecular flexibility index (Phi) is 4.57. The molecule has 0 saturated carbocycles. The minimum absolute atomic E-state index is 0.0804. The molecule has 0 fully saturated rings. The number of nitrogens with one attached hydrogen (secondary N) is 1. The average Bonchev–Trinajstić information content (AvgIpc) is 3.03. The van der Waals surface area contributed by atoms with E-state index < -0.39 is 0 Å². The molecular formula is C15H15ClN6O2. The largest absolute Gasteiger partial charge is 0.304 e. The highest BCUT2D eigenvalue weighted by Crippen LogP contribution is 2.18. The summed E-state index contributed by atoms with van der Waals surface area (Å²) < 4.78 is 1.47. The van der Waals surface area contributed by atoms with Crippen molar-refractivity contribution in [1.29, 1.82) is 0 Å². The molecule has 2 aromatic rings. The number of anilines is 1. The molecule has 2 amide bonds. The molecule has 1 N–H and O–H groups in total. The van der Waals surface area contributed by atoms with Gasteiger partial charge in [-0.15, -0.1) is 5.10 Å². The van der Waals surface area contributed by atoms with E-state index in [4.69, 9.17) is 11.6 Å². The summed E-state index contributed by atoms with van der Waals surface area (Å²) in [4.78, 5) is 28.0. The van der Waals surface area contributed by atoms with Crippen molar-refractivity contribution >= 4 is 34.9 Å². The monoisotopic (exact) mass is 346 g/mol. The van der Waals surface area contributed by atoms with Crippen LogP contribution in [0.15, 0.2) is 35.7 Å². The number of carbonyl (C=O) groups is 2. The number of nitrogens with zero attached hydrogens (tertiary/aromatic N) is 5. The maximum Gasteiger partial charge on any atom is 0.273 e. The molecule has 124 valence electrons. The Hall–Kier alpha value is -2.74. The number of hydrogen-bond acceptors (Lipinski definition) is 5. The van der Waals surface area contributed by atoms with Gasteiger partial charge in [-0.2, -0.15) is 5.10 Å². The van der Waals surface area contributed by atoms with Crippen molar-refractivity contribution in [3.8, 4) is 5.82 Å². The summed E-state index contributed by atoms with van der Waals surface area (Å²) in [5.74, 6) is 0.364. The number of rotatable bonds is 4. The fourth-order valence-corrected chi connectivity index (χ4v) is 2.46. The van der Waals surface area contributed by atoms with Crippen LogP contribution in [0.1, 0.15) is 19.8 Å². The Morgan fingerprint density at radius 2 is 2.21 bits per heavy atom. The molecule has 0 spiro atoms. The third kappa shape index (κ3) is 3.28. The van der Waals surface area contributed by atoms with Gasteiger partial charge < -0.3 is 5.32 Å². The first-order valence-electron chi connectivity index (χ1n) is 7.44. The van der Waals surface area contributed by atoms with Gasteiger partial charge >= 0.3 is 0 Å². The SMILES string of the molecule is CCN1N=C(C(=O)Nc2ccn(-c3ncccc3Cl)n2)CCC1=O. The smallest absolute Gasteiger partial charge is 0.273 e. The maximum atomic E-state index is 12.3. The summed E-state index contributed by atoms with van der Waals surface area (Å²) in [7, 11) is 0. The first kappa shape index (κ1) is 16.1. The number of carbonyl (C=O) groups excluding carboxylic acids is 2. The number of aromatic nitrogens is 3. The van der Waals surface area contributed by atoms with E-state index in [1.54, 1.807) is 37.5 Å². The van der Waals surface area contributed by atoms with Crippen LogP contribution in [0.25, 0.3) is 5.82 Å². The van der Waals surface area contributed by atoms with Gasteiger partial charge in [0.1, 0.15) is 5.71 Å². The van der Waals surface area contributed by atoms with Gasteiger partial charge in [0.2, 0.25) is 5.91 Å². The zero-order valence-electron chi connectivity index (χ0n) is 12.9. The average molecular weight is 347 g/mol. The lowest BCUT2D eigenvalue weighted by atomic mass is 10.1. The van der Waals surface area contributed by atoms with Crippen LogP contribution in [0.3, 0.4) is 0 Å². The number of amides is 2. The highest BCUT2D eigenvalue weighted by molar-refractivity contribution is 6.43. The molecule has 2 aromatic heterocycles. The summed E-state index contributed by atoms with van der Waals surface area (Å²) in [5, 5.41) is 12.7. The normalized spacial score (nSPS) is 14.5. The van der Waals surface area contributed by atoms with Crippen LogP contribution in [-0.2, 0) is 9.59 Å². The van der Waals surface area contributed by atoms with Gasteiger partial charge in [-0.25, -0.2) is 14.7 Å². The van der Waals surface area contributed by atoms with Crippen molar-refractivity contribution in [2.24, 2.45) is 5.10 Å². The molecule has 8 nitrogen and oxygen atoms in total. The van der Waals surface area contributed by atoms with E-state index in [9.17, 15) is 9.59 Å². The maximum absolute atomic E-state index is 12.3. The van der Waals surface area contributed by atoms with Crippen LogP contribution >= 0.6 is 11.6 Å². The molecule has 0 radical (unpaired) electrons. The molecule has 0 aliphatic carbocycles. The van der Waals surface area contributed by atoms with E-state index >= 15 is 0 Å². The highest BCUT2D eigenvalue weighted by atomic mass is 35.5. The first-order valence-corrected chi connectivity index (χ1v) is 7.82. The van der Waals surface area contributed by atoms with Crippen molar-refractivity contribution in [1.82, 2.24) is 19.8 Å². The van der Waals surface area contributed by atoms with E-state index in [0.29, 0.717) is 35.3 Å². The number of pyridine rings is 1. The van der Waals surface area contributed by atoms with Crippen molar-refractivity contribution in [3.05, 3.63) is 35.6 Å². The number of hydrogen-bond donors (Lipinski definition) is 1. The zero-order valence-corrected chi connectivity index (χ0v) is 13.7. The number of halogens is 1. The second-order valence-corrected chi connectivity index (χ2v) is 5.47. The van der Waals surface area contributed by atoms with Crippen molar-refractivity contribution in [3.63, 3.8) is 0 Å². The third-order valence-corrected chi connectivity index (χ3v) is 3.75. The standard InChI is InChI=1S/C15H15ClN6O2/c1-2-21-13(23)6-5-11(19-21)15(24)18-12-7-9-22(20-12)14-10(16)4-3-8-17-14/h3-4,7-9H,2,5-6H2,1H3,(H,18,20,24). The van der Waals surface area contributed by atoms with Crippen molar-refractivity contribution in [2.75, 3.05) is 11.9 Å². The fourth-order valence-electron chi connectivity index (χ4n) is 2.25. The molecule has 3 heterocycles. The molecule has 0 unspecified atom stereocenters. The molecule has 0 aromatic carbocycles. The third-order valence-electron chi connectivity index (χ3n) is 3.45. The van der Waals surface area contributed by atoms with E-state index in [2.05, 4.69) is 20.5 Å². The van der Waals surface area contributed by atoms with Gasteiger partial charge in [-0.05, 0) is 19.1 Å². The minimum Gasteiger partial charge on any atom is -0.304 e. The predicted octanol–water partition coefficient (Wildman–Crippen LogP) is 1.86. The summed E-state index contributed by atoms with van der Waals surface area (Å²) in [6.07, 6.45) is 3.84. The van der Waals surface area contributed by atoms with Crippen LogP contribution in [-0.4, -0.2) is 43.8 Å². The van der Waals surface area contributed by atoms with Crippen molar-refractivity contribution in [2.45, 2.75) is 19.8 Å². The van der Waals surface area contributed by atoms with Crippen LogP contribution in [0.4, 0.5) is 5.82 Å². The van der Waals surface area contributed by atoms with Gasteiger partial charge in [0.15, 0.2) is 11.6 Å². The summed E-state index contributed by atoms with van der Waals surface area (Å²) in [6, 6.07) is 5.06. The lowest BCUT2D eigenvalue weighted by Gasteiger charge is -2.21. The lowest BCUT2D eigenvalue weighted by Crippen LogP contribution is -2.36. The molecule has 0 saturated heterocycles. The molecule has 0 bridgehead atoms. The van der Waals surface area contributed by atoms with Gasteiger partial charge in [-0.3, -0.25) is 9.59 Å². The molecule has 24 heavy (non-hydrogen) atoms. The highest BCUT2D eigenvalue weighted by Gasteiger charge is 2.23. The Labute approximate surface area is 143 Å². The predicted molar refractivity (Wildman–Crippen MR) is 89.1 cm³/mol. The molecule has 1 aliphatic rings. The quantitative estimate of drug-likeness (QED) is 0.914. The summed E-state index contributed by atoms with van der Waals surface area (Å²) in [5.41, 5.74) is 0.307. The second-order valence-electron chi connectivity index (χ2n) is 5.06. The van der Waals surface area contributed by atoms with E-state index in [1.807, 2.05) is 0 Å². The van der Waals surface area contributed by atoms with E-state index in [0.717, 1.165) is 0 Å². The van der Waals surface area contributed by atoms with Crippen LogP contribution in [0, 0.1) is 0 Å². The Morgan fingerprint density at radius 3 is 2.96 bits per heavy atom. The topological polar surface area (TPSA) is 92.5 Å². The minimum atomic E-state index is -0.377. The zero-order chi connectivity index (χ0) is 17.1. The lowest BCUT2D eigenvalue weighted by molar-refractivity contribution is -0.131. The molecule has 3 rings (SSSR count). The van der Waals surface area contributed by atoms with Gasteiger partial charge in [-0.1, -0.05) is 11.6 Å². The van der Waals surface area contributed by atoms with E-state index in [-0.39, 0.29) is 18.2 Å². The van der Waals surface area contributed by atoms with Gasteiger partial charge in [0, 0.05) is 37.8 Å². The molecule has 9 heteroatoms. The van der Waals surface area contributed by atoms with Gasteiger partial charge in [0.05, 0.1) is 5.02 Å². The number of hydrazone groups is 1. The van der Waals surface area contributed by atoms with Crippen molar-refractivity contribution < 1.29 is 9.59 Å². The Balaban J connectivity index is 1.74. The van der Waals surface area contributed by atoms with Crippen LogP contribution in [0.5, 0.6) is 0 Å². The molecule has 0 atom stereocenters. The fraction of sp³-hybridized carbons (Fsp3) is 0.267. The first-order chi connectivity index (χ1) is 11.6. The Morgan fingerprint density at radius 1 is 1.38 bits per heavy atom. The van der Waals surface area contributed by atoms with Gasteiger partial charge in [0.25, 0.3) is 5.91 Å². The summed E-state index contributed by atoms with van der Waals surface area (Å²) in [6.45, 7) is 2.24. The second kappa shape index (κ2) is 6.79. The molecular weight excluding hydrogens is 332 g/mol. The molecule has 1 aliphatic heterocycles. The Bertz CT molecular complexity index is 816. The van der Waals surface area contributed by atoms with Crippen LogP contribution < -0.4 is 5.32 Å². The van der Waals surface area contributed by atoms with E-state index in [1.165, 1.54) is 9.69 Å². The summed E-state index contributed by atoms with van der Waals surface area (Å²) >= 11 is 6.07.